The molecule has 0 radical (unpaired) electrons. The lowest BCUT2D eigenvalue weighted by atomic mass is 9.46. The molecule has 0 saturated heterocycles. The molecule has 0 aliphatic heterocycles. The average Bonchev–Trinajstić information content (AvgIpc) is 3.31. The number of benzene rings is 2. The molecule has 0 heterocycles. The van der Waals surface area contributed by atoms with E-state index in [1.807, 2.05) is 24.3 Å². The highest BCUT2D eigenvalue weighted by atomic mass is 16.6. The quantitative estimate of drug-likeness (QED) is 0.0855. The summed E-state index contributed by atoms with van der Waals surface area (Å²) < 4.78 is 18.9. The third-order valence-corrected chi connectivity index (χ3v) is 19.3. The van der Waals surface area contributed by atoms with Gasteiger partial charge < -0.3 is 14.2 Å². The molecule has 0 N–H and O–H groups in total. The Morgan fingerprint density at radius 1 is 0.606 bits per heavy atom. The van der Waals surface area contributed by atoms with Gasteiger partial charge in [0.25, 0.3) is 0 Å². The molecule has 2 aromatic carbocycles. The van der Waals surface area contributed by atoms with Gasteiger partial charge in [-0.15, -0.1) is 0 Å². The van der Waals surface area contributed by atoms with E-state index >= 15 is 0 Å². The minimum absolute atomic E-state index is 0.0120. The predicted octanol–water partition coefficient (Wildman–Crippen LogP) is 13.4. The summed E-state index contributed by atoms with van der Waals surface area (Å²) in [5.41, 5.74) is 3.51. The summed E-state index contributed by atoms with van der Waals surface area (Å²) in [7, 11) is 0. The highest BCUT2D eigenvalue weighted by Gasteiger charge is 2.60. The van der Waals surface area contributed by atoms with Gasteiger partial charge in [-0.2, -0.15) is 0 Å². The van der Waals surface area contributed by atoms with E-state index < -0.39 is 28.8 Å². The Kier molecular flexibility index (Phi) is 14.1. The summed E-state index contributed by atoms with van der Waals surface area (Å²) >= 11 is 0. The van der Waals surface area contributed by atoms with Crippen molar-refractivity contribution in [3.8, 4) is 0 Å². The van der Waals surface area contributed by atoms with Crippen LogP contribution in [0.1, 0.15) is 180 Å². The van der Waals surface area contributed by atoms with Gasteiger partial charge in [0.1, 0.15) is 13.2 Å². The number of ether oxygens (including phenoxy) is 3. The molecule has 8 rings (SSSR count). The molecule has 7 heteroatoms. The zero-order valence-corrected chi connectivity index (χ0v) is 41.8. The lowest BCUT2D eigenvalue weighted by Gasteiger charge is -2.58. The molecule has 6 aliphatic carbocycles. The third kappa shape index (κ3) is 9.04. The van der Waals surface area contributed by atoms with Crippen molar-refractivity contribution < 1.29 is 33.4 Å². The fourth-order valence-corrected chi connectivity index (χ4v) is 15.0. The summed E-state index contributed by atoms with van der Waals surface area (Å²) in [6.07, 6.45) is 18.4. The zero-order valence-electron chi connectivity index (χ0n) is 41.8. The van der Waals surface area contributed by atoms with Crippen LogP contribution in [0.15, 0.2) is 77.9 Å². The van der Waals surface area contributed by atoms with Gasteiger partial charge in [-0.05, 0) is 168 Å². The smallest absolute Gasteiger partial charge is 0.313 e. The summed E-state index contributed by atoms with van der Waals surface area (Å²) in [6.45, 7) is 19.8. The number of rotatable bonds is 13. The first-order chi connectivity index (χ1) is 31.4. The summed E-state index contributed by atoms with van der Waals surface area (Å²) in [5.74, 6) is 2.11. The first-order valence-corrected chi connectivity index (χ1v) is 26.0. The molecular formula is C59H80O7. The first-order valence-electron chi connectivity index (χ1n) is 26.0. The van der Waals surface area contributed by atoms with Crippen molar-refractivity contribution >= 4 is 23.7 Å². The fourth-order valence-electron chi connectivity index (χ4n) is 15.0. The SMILES string of the molecule is CC(C(=O)OC(COC(=O)C1(C)CCCC2(C)C3CCC(C(C)C)CC3=CCC12)COC(=O)C1(C)CCCC2(C)C3CCC(C(C)C)CC3=CCC12)c1cccc(C(=O)c2ccccc2)c1. The van der Waals surface area contributed by atoms with Crippen molar-refractivity contribution in [3.05, 3.63) is 94.6 Å². The van der Waals surface area contributed by atoms with Crippen LogP contribution < -0.4 is 0 Å². The highest BCUT2D eigenvalue weighted by Crippen LogP contribution is 2.65. The van der Waals surface area contributed by atoms with Crippen molar-refractivity contribution in [1.29, 1.82) is 0 Å². The topological polar surface area (TPSA) is 96.0 Å². The van der Waals surface area contributed by atoms with E-state index in [1.165, 1.54) is 38.5 Å². The van der Waals surface area contributed by atoms with Crippen LogP contribution in [0.2, 0.25) is 0 Å². The molecule has 2 aromatic rings. The van der Waals surface area contributed by atoms with E-state index in [2.05, 4.69) is 67.5 Å². The van der Waals surface area contributed by atoms with Gasteiger partial charge in [0, 0.05) is 11.1 Å². The van der Waals surface area contributed by atoms with E-state index in [0.717, 1.165) is 63.2 Å². The minimum Gasteiger partial charge on any atom is -0.461 e. The Labute approximate surface area is 396 Å². The summed E-state index contributed by atoms with van der Waals surface area (Å²) in [4.78, 5) is 56.9. The van der Waals surface area contributed by atoms with Crippen LogP contribution in [0, 0.1) is 69.0 Å². The molecule has 7 nitrogen and oxygen atoms in total. The number of carbonyl (C=O) groups is 4. The van der Waals surface area contributed by atoms with Crippen molar-refractivity contribution in [2.45, 2.75) is 164 Å². The Morgan fingerprint density at radius 2 is 1.09 bits per heavy atom. The molecule has 11 atom stereocenters. The largest absolute Gasteiger partial charge is 0.461 e. The van der Waals surface area contributed by atoms with E-state index in [0.29, 0.717) is 40.4 Å². The molecule has 0 spiro atoms. The lowest BCUT2D eigenvalue weighted by Crippen LogP contribution is -2.54. The van der Waals surface area contributed by atoms with Crippen LogP contribution >= 0.6 is 0 Å². The molecule has 6 aliphatic rings. The maximum absolute atomic E-state index is 14.7. The predicted molar refractivity (Wildman–Crippen MR) is 260 cm³/mol. The second-order valence-electron chi connectivity index (χ2n) is 23.7. The summed E-state index contributed by atoms with van der Waals surface area (Å²) in [6, 6.07) is 16.2. The lowest BCUT2D eigenvalue weighted by molar-refractivity contribution is -0.184. The van der Waals surface area contributed by atoms with Crippen LogP contribution in [-0.4, -0.2) is 43.0 Å². The van der Waals surface area contributed by atoms with Gasteiger partial charge in [0.15, 0.2) is 11.9 Å². The Morgan fingerprint density at radius 3 is 1.58 bits per heavy atom. The van der Waals surface area contributed by atoms with Crippen molar-refractivity contribution in [1.82, 2.24) is 0 Å². The molecule has 358 valence electrons. The standard InChI is InChI=1S/C59H80O7/c1-37(2)41-20-24-48-44(32-41)22-26-50-56(48,6)28-14-30-58(50,8)54(62)64-35-47(66-53(61)39(5)43-18-13-19-46(34-43)52(60)40-16-11-10-12-17-40)36-65-55(63)59(9)31-15-29-57(7)49-25-21-42(38(3)4)33-45(49)23-27-51(57)59/h10-13,16-19,22-23,34,37-39,41-42,47-51H,14-15,20-21,24-33,35-36H2,1-9H3. The Balaban J connectivity index is 1.00. The van der Waals surface area contributed by atoms with E-state index in [4.69, 9.17) is 14.2 Å². The second-order valence-corrected chi connectivity index (χ2v) is 23.7. The zero-order chi connectivity index (χ0) is 47.2. The fraction of sp³-hybridized carbons (Fsp3) is 0.661. The maximum atomic E-state index is 14.7. The van der Waals surface area contributed by atoms with Crippen LogP contribution in [0.3, 0.4) is 0 Å². The van der Waals surface area contributed by atoms with Gasteiger partial charge in [-0.1, -0.05) is 126 Å². The number of ketones is 1. The van der Waals surface area contributed by atoms with E-state index in [1.54, 1.807) is 48.4 Å². The number of fused-ring (bicyclic) bond motifs is 6. The molecule has 4 saturated carbocycles. The maximum Gasteiger partial charge on any atom is 0.313 e. The monoisotopic (exact) mass is 901 g/mol. The van der Waals surface area contributed by atoms with Gasteiger partial charge in [-0.3, -0.25) is 19.2 Å². The normalized spacial score (nSPS) is 34.8. The number of esters is 3. The van der Waals surface area contributed by atoms with Crippen LogP contribution in [0.25, 0.3) is 0 Å². The van der Waals surface area contributed by atoms with Crippen LogP contribution in [-0.2, 0) is 28.6 Å². The van der Waals surface area contributed by atoms with Crippen LogP contribution in [0.4, 0.5) is 0 Å². The van der Waals surface area contributed by atoms with Gasteiger partial charge in [-0.25, -0.2) is 0 Å². The highest BCUT2D eigenvalue weighted by molar-refractivity contribution is 6.09. The molecule has 11 unspecified atom stereocenters. The van der Waals surface area contributed by atoms with E-state index in [9.17, 15) is 19.2 Å². The molecule has 0 bridgehead atoms. The molecular weight excluding hydrogens is 821 g/mol. The third-order valence-electron chi connectivity index (χ3n) is 19.3. The molecule has 0 aromatic heterocycles. The summed E-state index contributed by atoms with van der Waals surface area (Å²) in [5, 5.41) is 0. The molecule has 4 fully saturated rings. The van der Waals surface area contributed by atoms with Gasteiger partial charge in [0.2, 0.25) is 0 Å². The number of hydrogen-bond donors (Lipinski definition) is 0. The van der Waals surface area contributed by atoms with E-state index in [-0.39, 0.29) is 53.6 Å². The minimum atomic E-state index is -1.01. The van der Waals surface area contributed by atoms with Gasteiger partial charge in [0.05, 0.1) is 16.7 Å². The molecule has 0 amide bonds. The van der Waals surface area contributed by atoms with Gasteiger partial charge >= 0.3 is 17.9 Å². The Hall–Kier alpha value is -4.00. The van der Waals surface area contributed by atoms with Crippen molar-refractivity contribution in [2.24, 2.45) is 69.0 Å². The van der Waals surface area contributed by atoms with Crippen molar-refractivity contribution in [3.63, 3.8) is 0 Å². The average molecular weight is 901 g/mol. The number of hydrogen-bond acceptors (Lipinski definition) is 7. The second kappa shape index (κ2) is 19.2. The van der Waals surface area contributed by atoms with Crippen molar-refractivity contribution in [2.75, 3.05) is 13.2 Å². The Bertz CT molecular complexity index is 2090. The number of allylic oxidation sites excluding steroid dienone is 4. The molecule has 66 heavy (non-hydrogen) atoms. The number of carbonyl (C=O) groups excluding carboxylic acids is 4. The van der Waals surface area contributed by atoms with Crippen LogP contribution in [0.5, 0.6) is 0 Å². The first kappa shape index (κ1) is 48.5.